The summed E-state index contributed by atoms with van der Waals surface area (Å²) in [6.07, 6.45) is 2.44. The van der Waals surface area contributed by atoms with Gasteiger partial charge in [-0.3, -0.25) is 4.98 Å². The van der Waals surface area contributed by atoms with Gasteiger partial charge in [-0.25, -0.2) is 0 Å². The second-order valence-corrected chi connectivity index (χ2v) is 5.90. The Hall–Kier alpha value is -2.59. The third-order valence-electron chi connectivity index (χ3n) is 4.01. The van der Waals surface area contributed by atoms with Crippen LogP contribution in [0.1, 0.15) is 25.3 Å². The van der Waals surface area contributed by atoms with E-state index in [-0.39, 0.29) is 5.75 Å². The van der Waals surface area contributed by atoms with Crippen molar-refractivity contribution in [1.29, 1.82) is 0 Å². The van der Waals surface area contributed by atoms with Gasteiger partial charge in [0.2, 0.25) is 0 Å². The molecular weight excluding hydrogens is 302 g/mol. The summed E-state index contributed by atoms with van der Waals surface area (Å²) < 4.78 is 5.59. The molecule has 2 aromatic carbocycles. The van der Waals surface area contributed by atoms with E-state index in [2.05, 4.69) is 4.98 Å². The van der Waals surface area contributed by atoms with Crippen LogP contribution < -0.4 is 4.74 Å². The summed E-state index contributed by atoms with van der Waals surface area (Å²) in [6.45, 7) is 3.97. The first-order chi connectivity index (χ1) is 11.6. The Morgan fingerprint density at radius 3 is 2.71 bits per heavy atom. The molecule has 3 rings (SSSR count). The van der Waals surface area contributed by atoms with Crippen molar-refractivity contribution in [3.05, 3.63) is 54.2 Å². The molecule has 2 N–H and O–H groups in total. The summed E-state index contributed by atoms with van der Waals surface area (Å²) in [4.78, 5) is 4.31. The first kappa shape index (κ1) is 16.3. The van der Waals surface area contributed by atoms with Crippen molar-refractivity contribution in [1.82, 2.24) is 4.98 Å². The molecule has 1 atom stereocenters. The second-order valence-electron chi connectivity index (χ2n) is 5.90. The van der Waals surface area contributed by atoms with Gasteiger partial charge < -0.3 is 14.9 Å². The molecular formula is C20H21NO3. The Kier molecular flexibility index (Phi) is 4.67. The quantitative estimate of drug-likeness (QED) is 0.683. The molecule has 24 heavy (non-hydrogen) atoms. The number of aromatic hydroxyl groups is 1. The number of aliphatic hydroxyl groups excluding tert-OH is 1. The molecule has 1 aromatic heterocycles. The highest BCUT2D eigenvalue weighted by atomic mass is 16.6. The summed E-state index contributed by atoms with van der Waals surface area (Å²) >= 11 is 0. The fourth-order valence-electron chi connectivity index (χ4n) is 2.79. The average molecular weight is 323 g/mol. The van der Waals surface area contributed by atoms with E-state index in [4.69, 9.17) is 4.74 Å². The van der Waals surface area contributed by atoms with Gasteiger partial charge >= 0.3 is 0 Å². The van der Waals surface area contributed by atoms with Gasteiger partial charge in [0.1, 0.15) is 11.5 Å². The molecule has 1 unspecified atom stereocenters. The number of hydrogen-bond donors (Lipinski definition) is 2. The van der Waals surface area contributed by atoms with Crippen molar-refractivity contribution in [3.63, 3.8) is 0 Å². The monoisotopic (exact) mass is 323 g/mol. The Morgan fingerprint density at radius 2 is 1.96 bits per heavy atom. The summed E-state index contributed by atoms with van der Waals surface area (Å²) in [5.41, 5.74) is 3.81. The number of aromatic nitrogens is 1. The van der Waals surface area contributed by atoms with Crippen molar-refractivity contribution in [2.75, 3.05) is 0 Å². The van der Waals surface area contributed by atoms with E-state index in [1.54, 1.807) is 18.3 Å². The fourth-order valence-corrected chi connectivity index (χ4v) is 2.79. The minimum Gasteiger partial charge on any atom is -0.508 e. The van der Waals surface area contributed by atoms with Gasteiger partial charge in [0.15, 0.2) is 6.29 Å². The topological polar surface area (TPSA) is 62.6 Å². The van der Waals surface area contributed by atoms with Gasteiger partial charge in [-0.15, -0.1) is 0 Å². The van der Waals surface area contributed by atoms with Crippen LogP contribution in [-0.4, -0.2) is 21.5 Å². The SMILES string of the molecule is CCCC(O)Oc1ccc(-c2ccnc3cc(O)ccc23)cc1C. The highest BCUT2D eigenvalue weighted by Crippen LogP contribution is 2.32. The Balaban J connectivity index is 1.97. The molecule has 124 valence electrons. The van der Waals surface area contributed by atoms with Gasteiger partial charge in [-0.05, 0) is 53.9 Å². The Labute approximate surface area is 141 Å². The molecule has 4 nitrogen and oxygen atoms in total. The van der Waals surface area contributed by atoms with Gasteiger partial charge in [-0.1, -0.05) is 19.4 Å². The molecule has 3 aromatic rings. The van der Waals surface area contributed by atoms with Crippen molar-refractivity contribution in [3.8, 4) is 22.6 Å². The molecule has 0 radical (unpaired) electrons. The molecule has 0 aliphatic heterocycles. The lowest BCUT2D eigenvalue weighted by Crippen LogP contribution is -2.15. The number of phenolic OH excluding ortho intramolecular Hbond substituents is 1. The van der Waals surface area contributed by atoms with Crippen LogP contribution in [0, 0.1) is 6.92 Å². The number of hydrogen-bond acceptors (Lipinski definition) is 4. The lowest BCUT2D eigenvalue weighted by Gasteiger charge is -2.15. The summed E-state index contributed by atoms with van der Waals surface area (Å²) in [5, 5.41) is 20.4. The number of aliphatic hydroxyl groups is 1. The second kappa shape index (κ2) is 6.89. The first-order valence-electron chi connectivity index (χ1n) is 8.12. The Morgan fingerprint density at radius 1 is 1.12 bits per heavy atom. The van der Waals surface area contributed by atoms with Crippen LogP contribution in [0.5, 0.6) is 11.5 Å². The maximum Gasteiger partial charge on any atom is 0.197 e. The average Bonchev–Trinajstić information content (AvgIpc) is 2.56. The Bertz CT molecular complexity index is 861. The zero-order valence-corrected chi connectivity index (χ0v) is 13.9. The molecule has 0 saturated heterocycles. The molecule has 1 heterocycles. The van der Waals surface area contributed by atoms with Crippen molar-refractivity contribution >= 4 is 10.9 Å². The zero-order valence-electron chi connectivity index (χ0n) is 13.9. The highest BCUT2D eigenvalue weighted by Gasteiger charge is 2.10. The van der Waals surface area contributed by atoms with Crippen LogP contribution in [0.25, 0.3) is 22.0 Å². The van der Waals surface area contributed by atoms with Crippen LogP contribution in [0.4, 0.5) is 0 Å². The van der Waals surface area contributed by atoms with Crippen LogP contribution in [0.3, 0.4) is 0 Å². The van der Waals surface area contributed by atoms with Crippen molar-refractivity contribution < 1.29 is 14.9 Å². The van der Waals surface area contributed by atoms with E-state index < -0.39 is 6.29 Å². The van der Waals surface area contributed by atoms with Crippen molar-refractivity contribution in [2.24, 2.45) is 0 Å². The van der Waals surface area contributed by atoms with E-state index in [0.717, 1.165) is 34.0 Å². The zero-order chi connectivity index (χ0) is 17.1. The van der Waals surface area contributed by atoms with Crippen LogP contribution in [0.2, 0.25) is 0 Å². The molecule has 0 saturated carbocycles. The van der Waals surface area contributed by atoms with E-state index in [1.165, 1.54) is 0 Å². The fraction of sp³-hybridized carbons (Fsp3) is 0.250. The van der Waals surface area contributed by atoms with Gasteiger partial charge in [0.25, 0.3) is 0 Å². The number of aryl methyl sites for hydroxylation is 1. The first-order valence-corrected chi connectivity index (χ1v) is 8.12. The number of ether oxygens (including phenoxy) is 1. The van der Waals surface area contributed by atoms with Gasteiger partial charge in [0.05, 0.1) is 5.52 Å². The number of pyridine rings is 1. The smallest absolute Gasteiger partial charge is 0.197 e. The molecule has 0 aliphatic rings. The van der Waals surface area contributed by atoms with Crippen molar-refractivity contribution in [2.45, 2.75) is 33.0 Å². The maximum atomic E-state index is 9.83. The normalized spacial score (nSPS) is 12.3. The molecule has 0 amide bonds. The molecule has 0 aliphatic carbocycles. The lowest BCUT2D eigenvalue weighted by atomic mass is 9.99. The van der Waals surface area contributed by atoms with E-state index in [0.29, 0.717) is 12.2 Å². The number of benzene rings is 2. The maximum absolute atomic E-state index is 9.83. The van der Waals surface area contributed by atoms with Crippen LogP contribution in [0.15, 0.2) is 48.7 Å². The molecule has 4 heteroatoms. The molecule has 0 fully saturated rings. The van der Waals surface area contributed by atoms with E-state index in [1.807, 2.05) is 44.2 Å². The third-order valence-corrected chi connectivity index (χ3v) is 4.01. The summed E-state index contributed by atoms with van der Waals surface area (Å²) in [7, 11) is 0. The van der Waals surface area contributed by atoms with Crippen LogP contribution in [-0.2, 0) is 0 Å². The van der Waals surface area contributed by atoms with Gasteiger partial charge in [-0.2, -0.15) is 0 Å². The van der Waals surface area contributed by atoms with Crippen LogP contribution >= 0.6 is 0 Å². The highest BCUT2D eigenvalue weighted by molar-refractivity contribution is 5.95. The molecule has 0 spiro atoms. The number of fused-ring (bicyclic) bond motifs is 1. The van der Waals surface area contributed by atoms with E-state index in [9.17, 15) is 10.2 Å². The lowest BCUT2D eigenvalue weighted by molar-refractivity contribution is -0.0237. The predicted molar refractivity (Wildman–Crippen MR) is 95.1 cm³/mol. The predicted octanol–water partition coefficient (Wildman–Crippen LogP) is 4.41. The minimum atomic E-state index is -0.774. The van der Waals surface area contributed by atoms with E-state index >= 15 is 0 Å². The van der Waals surface area contributed by atoms with Gasteiger partial charge in [0, 0.05) is 24.1 Å². The standard InChI is InChI=1S/C20H21NO3/c1-3-4-20(23)24-19-8-5-14(11-13(19)2)16-9-10-21-18-12-15(22)6-7-17(16)18/h5-12,20,22-23H,3-4H2,1-2H3. The summed E-state index contributed by atoms with van der Waals surface area (Å²) in [5.74, 6) is 0.896. The summed E-state index contributed by atoms with van der Waals surface area (Å²) in [6, 6.07) is 13.1. The largest absolute Gasteiger partial charge is 0.508 e. The minimum absolute atomic E-state index is 0.206. The number of nitrogens with zero attached hydrogens (tertiary/aromatic N) is 1. The molecule has 0 bridgehead atoms. The number of rotatable bonds is 5. The number of phenols is 1. The third kappa shape index (κ3) is 3.34.